The summed E-state index contributed by atoms with van der Waals surface area (Å²) >= 11 is 0. The van der Waals surface area contributed by atoms with E-state index in [0.29, 0.717) is 0 Å². The highest BCUT2D eigenvalue weighted by molar-refractivity contribution is 5.99. The summed E-state index contributed by atoms with van der Waals surface area (Å²) in [6, 6.07) is 13.8. The third kappa shape index (κ3) is 2.87. The molecule has 0 aliphatic rings. The van der Waals surface area contributed by atoms with E-state index in [2.05, 4.69) is 4.74 Å². The van der Waals surface area contributed by atoms with E-state index in [-0.39, 0.29) is 23.6 Å². The largest absolute Gasteiger partial charge is 0.434 e. The van der Waals surface area contributed by atoms with Crippen molar-refractivity contribution in [1.82, 2.24) is 4.57 Å². The monoisotopic (exact) mass is 331 g/mol. The van der Waals surface area contributed by atoms with Crippen molar-refractivity contribution < 1.29 is 22.9 Å². The summed E-state index contributed by atoms with van der Waals surface area (Å²) in [5.41, 5.74) is 2.07. The van der Waals surface area contributed by atoms with Crippen LogP contribution in [0.1, 0.15) is 16.2 Å². The molecule has 0 saturated carbocycles. The van der Waals surface area contributed by atoms with Gasteiger partial charge in [0.2, 0.25) is 5.78 Å². The zero-order chi connectivity index (χ0) is 17.3. The first-order valence-electron chi connectivity index (χ1n) is 7.50. The average molecular weight is 331 g/mol. The molecule has 0 bridgehead atoms. The van der Waals surface area contributed by atoms with Crippen LogP contribution >= 0.6 is 0 Å². The first-order chi connectivity index (χ1) is 11.5. The van der Waals surface area contributed by atoms with Gasteiger partial charge in [-0.1, -0.05) is 24.3 Å². The Balaban J connectivity index is 1.98. The Morgan fingerprint density at radius 1 is 1.17 bits per heavy atom. The highest BCUT2D eigenvalue weighted by atomic mass is 19.3. The molecule has 0 aliphatic carbocycles. The number of hydrogen-bond acceptors (Lipinski definition) is 2. The molecule has 0 saturated heterocycles. The molecule has 3 rings (SSSR count). The van der Waals surface area contributed by atoms with Gasteiger partial charge in [0.15, 0.2) is 17.6 Å². The molecule has 0 unspecified atom stereocenters. The third-order valence-corrected chi connectivity index (χ3v) is 4.12. The number of imidazole rings is 1. The topological polar surface area (TPSA) is 35.1 Å². The number of carbonyl (C=O) groups excluding carboxylic acids is 1. The second-order valence-corrected chi connectivity index (χ2v) is 5.48. The summed E-state index contributed by atoms with van der Waals surface area (Å²) in [5.74, 6) is 0.517. The van der Waals surface area contributed by atoms with E-state index in [1.807, 2.05) is 47.4 Å². The lowest BCUT2D eigenvalue weighted by molar-refractivity contribution is -0.652. The van der Waals surface area contributed by atoms with E-state index in [1.54, 1.807) is 12.1 Å². The van der Waals surface area contributed by atoms with Crippen molar-refractivity contribution in [2.45, 2.75) is 20.1 Å². The first-order valence-corrected chi connectivity index (χ1v) is 7.50. The van der Waals surface area contributed by atoms with Gasteiger partial charge in [-0.15, -0.1) is 0 Å². The molecule has 4 nitrogen and oxygen atoms in total. The summed E-state index contributed by atoms with van der Waals surface area (Å²) in [5, 5.41) is 0. The standard InChI is InChI=1S/C18H17F2N2O2/c1-12-21(2)14-8-4-5-9-15(14)22(12)11-16(23)13-7-3-6-10-17(13)24-18(19)20/h3-10,18H,11H2,1-2H3/q+1. The SMILES string of the molecule is Cc1n(CC(=O)c2ccccc2OC(F)F)c2ccccc2[n+]1C. The Labute approximate surface area is 137 Å². The molecule has 0 amide bonds. The number of alkyl halides is 2. The molecule has 24 heavy (non-hydrogen) atoms. The maximum absolute atomic E-state index is 12.7. The Kier molecular flexibility index (Phi) is 4.29. The summed E-state index contributed by atoms with van der Waals surface area (Å²) in [6.07, 6.45) is 0. The van der Waals surface area contributed by atoms with E-state index in [0.717, 1.165) is 16.9 Å². The molecule has 0 N–H and O–H groups in total. The van der Waals surface area contributed by atoms with Crippen LogP contribution in [0.25, 0.3) is 11.0 Å². The van der Waals surface area contributed by atoms with Crippen molar-refractivity contribution in [2.24, 2.45) is 7.05 Å². The van der Waals surface area contributed by atoms with Crippen molar-refractivity contribution in [1.29, 1.82) is 0 Å². The van der Waals surface area contributed by atoms with Crippen LogP contribution in [0.15, 0.2) is 48.5 Å². The predicted molar refractivity (Wildman–Crippen MR) is 85.3 cm³/mol. The van der Waals surface area contributed by atoms with E-state index < -0.39 is 6.61 Å². The fourth-order valence-corrected chi connectivity index (χ4v) is 2.83. The van der Waals surface area contributed by atoms with Gasteiger partial charge in [-0.3, -0.25) is 4.79 Å². The fraction of sp³-hybridized carbons (Fsp3) is 0.222. The number of benzene rings is 2. The number of ether oxygens (including phenoxy) is 1. The molecule has 124 valence electrons. The van der Waals surface area contributed by atoms with Crippen molar-refractivity contribution in [2.75, 3.05) is 0 Å². The minimum Gasteiger partial charge on any atom is -0.434 e. The van der Waals surface area contributed by atoms with Crippen LogP contribution in [0.3, 0.4) is 0 Å². The van der Waals surface area contributed by atoms with Gasteiger partial charge in [-0.05, 0) is 24.3 Å². The summed E-state index contributed by atoms with van der Waals surface area (Å²) in [7, 11) is 1.92. The van der Waals surface area contributed by atoms with Gasteiger partial charge < -0.3 is 4.74 Å². The molecule has 3 aromatic rings. The summed E-state index contributed by atoms with van der Waals surface area (Å²) in [4.78, 5) is 12.7. The first kappa shape index (κ1) is 16.1. The van der Waals surface area contributed by atoms with Crippen LogP contribution in [-0.4, -0.2) is 17.0 Å². The van der Waals surface area contributed by atoms with Crippen LogP contribution in [0, 0.1) is 6.92 Å². The second kappa shape index (κ2) is 6.39. The Bertz CT molecular complexity index is 903. The normalized spacial score (nSPS) is 11.2. The molecule has 1 heterocycles. The molecule has 1 aromatic heterocycles. The van der Waals surface area contributed by atoms with Gasteiger partial charge in [0.25, 0.3) is 5.82 Å². The zero-order valence-corrected chi connectivity index (χ0v) is 13.4. The Morgan fingerprint density at radius 3 is 2.58 bits per heavy atom. The zero-order valence-electron chi connectivity index (χ0n) is 13.4. The number of halogens is 2. The third-order valence-electron chi connectivity index (χ3n) is 4.12. The van der Waals surface area contributed by atoms with E-state index in [9.17, 15) is 13.6 Å². The minimum absolute atomic E-state index is 0.0524. The summed E-state index contributed by atoms with van der Waals surface area (Å²) in [6.45, 7) is -1.00. The smallest absolute Gasteiger partial charge is 0.387 e. The molecular formula is C18H17F2N2O2+. The lowest BCUT2D eigenvalue weighted by Crippen LogP contribution is -2.31. The lowest BCUT2D eigenvalue weighted by atomic mass is 10.1. The van der Waals surface area contributed by atoms with Crippen molar-refractivity contribution in [3.63, 3.8) is 0 Å². The number of ketones is 1. The quantitative estimate of drug-likeness (QED) is 0.531. The van der Waals surface area contributed by atoms with E-state index in [4.69, 9.17) is 0 Å². The van der Waals surface area contributed by atoms with Crippen LogP contribution < -0.4 is 9.30 Å². The Morgan fingerprint density at radius 2 is 1.83 bits per heavy atom. The highest BCUT2D eigenvalue weighted by Crippen LogP contribution is 2.22. The molecular weight excluding hydrogens is 314 g/mol. The number of rotatable bonds is 5. The molecule has 0 atom stereocenters. The van der Waals surface area contributed by atoms with E-state index >= 15 is 0 Å². The van der Waals surface area contributed by atoms with Crippen molar-refractivity contribution in [3.05, 3.63) is 59.9 Å². The van der Waals surface area contributed by atoms with Gasteiger partial charge in [-0.25, -0.2) is 9.13 Å². The molecule has 6 heteroatoms. The van der Waals surface area contributed by atoms with Crippen LogP contribution in [-0.2, 0) is 13.6 Å². The molecule has 0 fully saturated rings. The van der Waals surface area contributed by atoms with E-state index in [1.165, 1.54) is 12.1 Å². The van der Waals surface area contributed by atoms with Crippen LogP contribution in [0.5, 0.6) is 5.75 Å². The van der Waals surface area contributed by atoms with Crippen LogP contribution in [0.2, 0.25) is 0 Å². The maximum atomic E-state index is 12.7. The van der Waals surface area contributed by atoms with Gasteiger partial charge in [0.05, 0.1) is 12.6 Å². The van der Waals surface area contributed by atoms with Crippen LogP contribution in [0.4, 0.5) is 8.78 Å². The Hall–Kier alpha value is -2.76. The number of aromatic nitrogens is 2. The highest BCUT2D eigenvalue weighted by Gasteiger charge is 2.23. The predicted octanol–water partition coefficient (Wildman–Crippen LogP) is 3.26. The molecule has 0 radical (unpaired) electrons. The minimum atomic E-state index is -2.97. The maximum Gasteiger partial charge on any atom is 0.387 e. The number of fused-ring (bicyclic) bond motifs is 1. The van der Waals surface area contributed by atoms with Gasteiger partial charge in [0.1, 0.15) is 5.75 Å². The van der Waals surface area contributed by atoms with Crippen molar-refractivity contribution >= 4 is 16.8 Å². The second-order valence-electron chi connectivity index (χ2n) is 5.48. The van der Waals surface area contributed by atoms with Gasteiger partial charge in [0, 0.05) is 6.92 Å². The average Bonchev–Trinajstić information content (AvgIpc) is 2.80. The number of nitrogens with zero attached hydrogens (tertiary/aromatic N) is 2. The number of hydrogen-bond donors (Lipinski definition) is 0. The van der Waals surface area contributed by atoms with Gasteiger partial charge in [-0.2, -0.15) is 8.78 Å². The number of aryl methyl sites for hydroxylation is 1. The molecule has 0 aliphatic heterocycles. The van der Waals surface area contributed by atoms with Crippen molar-refractivity contribution in [3.8, 4) is 5.75 Å². The molecule has 0 spiro atoms. The number of Topliss-reactive ketones (excluding diaryl/α,β-unsaturated/α-hetero) is 1. The number of para-hydroxylation sites is 3. The van der Waals surface area contributed by atoms with Gasteiger partial charge >= 0.3 is 6.61 Å². The number of carbonyl (C=O) groups is 1. The fourth-order valence-electron chi connectivity index (χ4n) is 2.83. The summed E-state index contributed by atoms with van der Waals surface area (Å²) < 4.78 is 33.4. The lowest BCUT2D eigenvalue weighted by Gasteiger charge is -2.09. The molecule has 2 aromatic carbocycles.